The number of hydrogen-bond donors (Lipinski definition) is 1. The van der Waals surface area contributed by atoms with Gasteiger partial charge in [-0.05, 0) is 38.0 Å². The van der Waals surface area contributed by atoms with Crippen molar-refractivity contribution in [2.24, 2.45) is 0 Å². The summed E-state index contributed by atoms with van der Waals surface area (Å²) in [5.41, 5.74) is 1.27. The fourth-order valence-corrected chi connectivity index (χ4v) is 2.71. The molecule has 1 aliphatic heterocycles. The summed E-state index contributed by atoms with van der Waals surface area (Å²) in [7, 11) is 0. The molecule has 1 aliphatic rings. The molecule has 126 valence electrons. The van der Waals surface area contributed by atoms with Crippen LogP contribution in [0, 0.1) is 18.6 Å². The highest BCUT2D eigenvalue weighted by molar-refractivity contribution is 5.94. The second kappa shape index (κ2) is 6.90. The number of nitrogens with zero attached hydrogens (tertiary/aromatic N) is 3. The summed E-state index contributed by atoms with van der Waals surface area (Å²) in [5, 5.41) is 2.61. The highest BCUT2D eigenvalue weighted by atomic mass is 19.1. The Hall–Kier alpha value is -2.57. The molecule has 3 rings (SSSR count). The van der Waals surface area contributed by atoms with Gasteiger partial charge in [0, 0.05) is 24.8 Å². The molecule has 24 heavy (non-hydrogen) atoms. The van der Waals surface area contributed by atoms with Crippen LogP contribution in [-0.2, 0) is 6.54 Å². The lowest BCUT2D eigenvalue weighted by Gasteiger charge is -2.16. The van der Waals surface area contributed by atoms with E-state index < -0.39 is 17.5 Å². The zero-order valence-corrected chi connectivity index (χ0v) is 13.4. The minimum atomic E-state index is -0.885. The minimum absolute atomic E-state index is 0.153. The van der Waals surface area contributed by atoms with E-state index in [1.807, 2.05) is 6.92 Å². The molecular formula is C17H18F2N4O. The molecular weight excluding hydrogens is 314 g/mol. The number of amides is 1. The lowest BCUT2D eigenvalue weighted by molar-refractivity contribution is 0.0946. The monoisotopic (exact) mass is 332 g/mol. The van der Waals surface area contributed by atoms with Gasteiger partial charge in [-0.3, -0.25) is 4.79 Å². The molecule has 0 radical (unpaired) electrons. The van der Waals surface area contributed by atoms with Gasteiger partial charge in [0.25, 0.3) is 5.91 Å². The number of anilines is 1. The minimum Gasteiger partial charge on any atom is -0.346 e. The maximum Gasteiger partial charge on any atom is 0.254 e. The maximum atomic E-state index is 13.6. The van der Waals surface area contributed by atoms with Crippen LogP contribution in [0.4, 0.5) is 14.7 Å². The van der Waals surface area contributed by atoms with Crippen LogP contribution in [0.1, 0.15) is 34.6 Å². The molecule has 0 saturated carbocycles. The molecule has 1 N–H and O–H groups in total. The van der Waals surface area contributed by atoms with Crippen molar-refractivity contribution in [3.05, 3.63) is 52.9 Å². The summed E-state index contributed by atoms with van der Waals surface area (Å²) in [6.07, 6.45) is 2.24. The standard InChI is InChI=1S/C17H18F2N4O/c1-11-8-13(22-17(21-11)23-6-2-3-7-23)10-20-16(24)14-5-4-12(18)9-15(14)19/h4-5,8-9H,2-3,6-7,10H2,1H3,(H,20,24). The first-order valence-electron chi connectivity index (χ1n) is 7.86. The van der Waals surface area contributed by atoms with Gasteiger partial charge in [-0.15, -0.1) is 0 Å². The van der Waals surface area contributed by atoms with Crippen molar-refractivity contribution in [1.29, 1.82) is 0 Å². The smallest absolute Gasteiger partial charge is 0.254 e. The fraction of sp³-hybridized carbons (Fsp3) is 0.353. The molecule has 1 fully saturated rings. The molecule has 1 aromatic carbocycles. The van der Waals surface area contributed by atoms with Crippen LogP contribution in [0.5, 0.6) is 0 Å². The Labute approximate surface area is 138 Å². The van der Waals surface area contributed by atoms with E-state index in [9.17, 15) is 13.6 Å². The van der Waals surface area contributed by atoms with E-state index in [0.29, 0.717) is 17.7 Å². The van der Waals surface area contributed by atoms with E-state index in [-0.39, 0.29) is 12.1 Å². The SMILES string of the molecule is Cc1cc(CNC(=O)c2ccc(F)cc2F)nc(N2CCCC2)n1. The summed E-state index contributed by atoms with van der Waals surface area (Å²) < 4.78 is 26.5. The summed E-state index contributed by atoms with van der Waals surface area (Å²) >= 11 is 0. The second-order valence-corrected chi connectivity index (χ2v) is 5.80. The Kier molecular flexibility index (Phi) is 4.69. The Balaban J connectivity index is 1.70. The molecule has 0 aliphatic carbocycles. The van der Waals surface area contributed by atoms with Gasteiger partial charge < -0.3 is 10.2 Å². The first kappa shape index (κ1) is 16.3. The summed E-state index contributed by atoms with van der Waals surface area (Å²) in [6, 6.07) is 4.65. The Morgan fingerprint density at radius 1 is 1.21 bits per heavy atom. The number of carbonyl (C=O) groups excluding carboxylic acids is 1. The van der Waals surface area contributed by atoms with Crippen LogP contribution in [-0.4, -0.2) is 29.0 Å². The van der Waals surface area contributed by atoms with Crippen LogP contribution >= 0.6 is 0 Å². The first-order chi connectivity index (χ1) is 11.5. The number of halogens is 2. The van der Waals surface area contributed by atoms with E-state index in [1.165, 1.54) is 0 Å². The van der Waals surface area contributed by atoms with Gasteiger partial charge >= 0.3 is 0 Å². The largest absolute Gasteiger partial charge is 0.346 e. The molecule has 1 aromatic heterocycles. The third-order valence-electron chi connectivity index (χ3n) is 3.89. The number of nitrogens with one attached hydrogen (secondary N) is 1. The zero-order valence-electron chi connectivity index (χ0n) is 13.4. The highest BCUT2D eigenvalue weighted by Gasteiger charge is 2.17. The van der Waals surface area contributed by atoms with Gasteiger partial charge in [-0.2, -0.15) is 0 Å². The number of hydrogen-bond acceptors (Lipinski definition) is 4. The molecule has 7 heteroatoms. The van der Waals surface area contributed by atoms with E-state index in [4.69, 9.17) is 0 Å². The Morgan fingerprint density at radius 2 is 1.96 bits per heavy atom. The van der Waals surface area contributed by atoms with Crippen LogP contribution in [0.3, 0.4) is 0 Å². The lowest BCUT2D eigenvalue weighted by atomic mass is 10.2. The quantitative estimate of drug-likeness (QED) is 0.935. The van der Waals surface area contributed by atoms with Crippen molar-refractivity contribution in [1.82, 2.24) is 15.3 Å². The molecule has 0 atom stereocenters. The van der Waals surface area contributed by atoms with Gasteiger partial charge in [0.1, 0.15) is 11.6 Å². The third-order valence-corrected chi connectivity index (χ3v) is 3.89. The number of benzene rings is 1. The number of aromatic nitrogens is 2. The van der Waals surface area contributed by atoms with Crippen molar-refractivity contribution < 1.29 is 13.6 Å². The number of carbonyl (C=O) groups is 1. The molecule has 1 amide bonds. The Bertz CT molecular complexity index is 760. The number of aryl methyl sites for hydroxylation is 1. The molecule has 1 saturated heterocycles. The average molecular weight is 332 g/mol. The molecule has 0 bridgehead atoms. The normalized spacial score (nSPS) is 14.0. The third kappa shape index (κ3) is 3.67. The summed E-state index contributed by atoms with van der Waals surface area (Å²) in [4.78, 5) is 23.0. The van der Waals surface area contributed by atoms with Crippen molar-refractivity contribution in [3.63, 3.8) is 0 Å². The lowest BCUT2D eigenvalue weighted by Crippen LogP contribution is -2.26. The van der Waals surface area contributed by atoms with Gasteiger partial charge in [0.05, 0.1) is 17.8 Å². The predicted octanol–water partition coefficient (Wildman–Crippen LogP) is 2.59. The van der Waals surface area contributed by atoms with Crippen molar-refractivity contribution in [2.45, 2.75) is 26.3 Å². The van der Waals surface area contributed by atoms with Crippen molar-refractivity contribution in [3.8, 4) is 0 Å². The van der Waals surface area contributed by atoms with Crippen molar-refractivity contribution >= 4 is 11.9 Å². The van der Waals surface area contributed by atoms with Gasteiger partial charge in [-0.1, -0.05) is 0 Å². The van der Waals surface area contributed by atoms with Crippen LogP contribution in [0.2, 0.25) is 0 Å². The molecule has 2 aromatic rings. The van der Waals surface area contributed by atoms with Gasteiger partial charge in [0.2, 0.25) is 5.95 Å². The highest BCUT2D eigenvalue weighted by Crippen LogP contribution is 2.17. The van der Waals surface area contributed by atoms with Crippen LogP contribution < -0.4 is 10.2 Å². The first-order valence-corrected chi connectivity index (χ1v) is 7.86. The van der Waals surface area contributed by atoms with E-state index in [1.54, 1.807) is 6.07 Å². The zero-order chi connectivity index (χ0) is 17.1. The molecule has 5 nitrogen and oxygen atoms in total. The van der Waals surface area contributed by atoms with Crippen molar-refractivity contribution in [2.75, 3.05) is 18.0 Å². The topological polar surface area (TPSA) is 58.1 Å². The molecule has 2 heterocycles. The molecule has 0 spiro atoms. The van der Waals surface area contributed by atoms with Gasteiger partial charge in [0.15, 0.2) is 0 Å². The number of rotatable bonds is 4. The Morgan fingerprint density at radius 3 is 2.67 bits per heavy atom. The average Bonchev–Trinajstić information content (AvgIpc) is 3.06. The second-order valence-electron chi connectivity index (χ2n) is 5.80. The van der Waals surface area contributed by atoms with Crippen LogP contribution in [0.15, 0.2) is 24.3 Å². The van der Waals surface area contributed by atoms with Crippen LogP contribution in [0.25, 0.3) is 0 Å². The van der Waals surface area contributed by atoms with Gasteiger partial charge in [-0.25, -0.2) is 18.7 Å². The predicted molar refractivity (Wildman–Crippen MR) is 85.7 cm³/mol. The summed E-state index contributed by atoms with van der Waals surface area (Å²) in [6.45, 7) is 3.87. The maximum absolute atomic E-state index is 13.6. The molecule has 0 unspecified atom stereocenters. The fourth-order valence-electron chi connectivity index (χ4n) is 2.71. The summed E-state index contributed by atoms with van der Waals surface area (Å²) in [5.74, 6) is -1.55. The van der Waals surface area contributed by atoms with E-state index >= 15 is 0 Å². The van der Waals surface area contributed by atoms with E-state index in [0.717, 1.165) is 43.8 Å². The van der Waals surface area contributed by atoms with E-state index in [2.05, 4.69) is 20.2 Å².